The van der Waals surface area contributed by atoms with Crippen LogP contribution in [0.15, 0.2) is 47.6 Å². The standard InChI is InChI=1S/C13H15N3O3S/c1-19-12-5-4-10(8-14)7-13(12)20(17,18)16-11-3-2-6-15-9-11/h2-7,9,16H,8,14H2,1H3. The Kier molecular flexibility index (Phi) is 4.21. The molecule has 106 valence electrons. The highest BCUT2D eigenvalue weighted by molar-refractivity contribution is 7.92. The van der Waals surface area contributed by atoms with Crippen LogP contribution in [0.1, 0.15) is 5.56 Å². The molecule has 0 amide bonds. The van der Waals surface area contributed by atoms with Gasteiger partial charge in [0.25, 0.3) is 10.0 Å². The zero-order chi connectivity index (χ0) is 14.6. The molecule has 0 spiro atoms. The second kappa shape index (κ2) is 5.89. The van der Waals surface area contributed by atoms with Gasteiger partial charge in [-0.1, -0.05) is 6.07 Å². The summed E-state index contributed by atoms with van der Waals surface area (Å²) in [5.74, 6) is 0.263. The number of nitrogens with one attached hydrogen (secondary N) is 1. The van der Waals surface area contributed by atoms with Crippen LogP contribution < -0.4 is 15.2 Å². The molecule has 1 aromatic heterocycles. The van der Waals surface area contributed by atoms with E-state index >= 15 is 0 Å². The van der Waals surface area contributed by atoms with E-state index < -0.39 is 10.0 Å². The van der Waals surface area contributed by atoms with E-state index in [1.165, 1.54) is 19.4 Å². The lowest BCUT2D eigenvalue weighted by molar-refractivity contribution is 0.402. The molecular weight excluding hydrogens is 278 g/mol. The van der Waals surface area contributed by atoms with Crippen LogP contribution in [0.4, 0.5) is 5.69 Å². The van der Waals surface area contributed by atoms with Crippen molar-refractivity contribution in [3.8, 4) is 5.75 Å². The van der Waals surface area contributed by atoms with Crippen LogP contribution in [0, 0.1) is 0 Å². The Morgan fingerprint density at radius 3 is 2.75 bits per heavy atom. The maximum atomic E-state index is 12.4. The molecule has 2 aromatic rings. The lowest BCUT2D eigenvalue weighted by atomic mass is 10.2. The minimum Gasteiger partial charge on any atom is -0.495 e. The van der Waals surface area contributed by atoms with Crippen LogP contribution >= 0.6 is 0 Å². The molecule has 0 atom stereocenters. The van der Waals surface area contributed by atoms with E-state index in [0.717, 1.165) is 0 Å². The number of pyridine rings is 1. The van der Waals surface area contributed by atoms with E-state index in [2.05, 4.69) is 9.71 Å². The van der Waals surface area contributed by atoms with Crippen molar-refractivity contribution >= 4 is 15.7 Å². The van der Waals surface area contributed by atoms with Crippen molar-refractivity contribution in [3.63, 3.8) is 0 Å². The van der Waals surface area contributed by atoms with Gasteiger partial charge in [0, 0.05) is 12.7 Å². The van der Waals surface area contributed by atoms with Crippen molar-refractivity contribution in [1.82, 2.24) is 4.98 Å². The van der Waals surface area contributed by atoms with Crippen molar-refractivity contribution in [1.29, 1.82) is 0 Å². The predicted octanol–water partition coefficient (Wildman–Crippen LogP) is 1.35. The van der Waals surface area contributed by atoms with Gasteiger partial charge in [-0.3, -0.25) is 9.71 Å². The van der Waals surface area contributed by atoms with Crippen molar-refractivity contribution in [2.24, 2.45) is 5.73 Å². The number of rotatable bonds is 5. The topological polar surface area (TPSA) is 94.3 Å². The first-order valence-electron chi connectivity index (χ1n) is 5.86. The second-order valence-electron chi connectivity index (χ2n) is 4.04. The summed E-state index contributed by atoms with van der Waals surface area (Å²) in [7, 11) is -2.34. The molecule has 0 aliphatic rings. The molecule has 7 heteroatoms. The summed E-state index contributed by atoms with van der Waals surface area (Å²) in [6, 6.07) is 8.06. The number of aromatic nitrogens is 1. The lowest BCUT2D eigenvalue weighted by Gasteiger charge is -2.12. The molecule has 0 unspecified atom stereocenters. The first kappa shape index (κ1) is 14.3. The quantitative estimate of drug-likeness (QED) is 0.867. The molecular formula is C13H15N3O3S. The summed E-state index contributed by atoms with van der Waals surface area (Å²) < 4.78 is 32.3. The first-order valence-corrected chi connectivity index (χ1v) is 7.35. The van der Waals surface area contributed by atoms with Crippen molar-refractivity contribution in [2.75, 3.05) is 11.8 Å². The Morgan fingerprint density at radius 2 is 2.15 bits per heavy atom. The monoisotopic (exact) mass is 293 g/mol. The molecule has 0 fully saturated rings. The molecule has 3 N–H and O–H groups in total. The number of nitrogens with zero attached hydrogens (tertiary/aromatic N) is 1. The molecule has 1 heterocycles. The second-order valence-corrected chi connectivity index (χ2v) is 5.69. The number of benzene rings is 1. The van der Waals surface area contributed by atoms with E-state index in [1.54, 1.807) is 30.5 Å². The number of hydrogen-bond donors (Lipinski definition) is 2. The van der Waals surface area contributed by atoms with Crippen LogP contribution in [-0.2, 0) is 16.6 Å². The van der Waals surface area contributed by atoms with Gasteiger partial charge in [-0.2, -0.15) is 0 Å². The van der Waals surface area contributed by atoms with Crippen molar-refractivity contribution in [2.45, 2.75) is 11.4 Å². The fraction of sp³-hybridized carbons (Fsp3) is 0.154. The van der Waals surface area contributed by atoms with E-state index in [9.17, 15) is 8.42 Å². The Balaban J connectivity index is 2.43. The SMILES string of the molecule is COc1ccc(CN)cc1S(=O)(=O)Nc1cccnc1. The molecule has 0 bridgehead atoms. The number of nitrogens with two attached hydrogens (primary N) is 1. The summed E-state index contributed by atoms with van der Waals surface area (Å²) >= 11 is 0. The van der Waals surface area contributed by atoms with E-state index in [1.807, 2.05) is 0 Å². The first-order chi connectivity index (χ1) is 9.56. The Labute approximate surface area is 117 Å². The summed E-state index contributed by atoms with van der Waals surface area (Å²) in [6.07, 6.45) is 2.99. The zero-order valence-corrected chi connectivity index (χ0v) is 11.7. The number of hydrogen-bond acceptors (Lipinski definition) is 5. The molecule has 0 aliphatic heterocycles. The zero-order valence-electron chi connectivity index (χ0n) is 10.9. The lowest BCUT2D eigenvalue weighted by Crippen LogP contribution is -2.15. The molecule has 2 rings (SSSR count). The van der Waals surface area contributed by atoms with Gasteiger partial charge in [-0.05, 0) is 29.8 Å². The number of methoxy groups -OCH3 is 1. The van der Waals surface area contributed by atoms with Crippen LogP contribution in [0.2, 0.25) is 0 Å². The van der Waals surface area contributed by atoms with Crippen LogP contribution in [0.5, 0.6) is 5.75 Å². The third-order valence-electron chi connectivity index (χ3n) is 2.67. The third-order valence-corrected chi connectivity index (χ3v) is 4.07. The minimum atomic E-state index is -3.76. The van der Waals surface area contributed by atoms with Gasteiger partial charge in [0.05, 0.1) is 19.0 Å². The van der Waals surface area contributed by atoms with Gasteiger partial charge in [0.1, 0.15) is 10.6 Å². The fourth-order valence-corrected chi connectivity index (χ4v) is 2.96. The van der Waals surface area contributed by atoms with E-state index in [4.69, 9.17) is 10.5 Å². The maximum Gasteiger partial charge on any atom is 0.265 e. The summed E-state index contributed by atoms with van der Waals surface area (Å²) in [4.78, 5) is 3.91. The van der Waals surface area contributed by atoms with Crippen LogP contribution in [0.25, 0.3) is 0 Å². The average Bonchev–Trinajstić information content (AvgIpc) is 2.47. The number of sulfonamides is 1. The molecule has 20 heavy (non-hydrogen) atoms. The Morgan fingerprint density at radius 1 is 1.35 bits per heavy atom. The van der Waals surface area contributed by atoms with Gasteiger partial charge in [-0.15, -0.1) is 0 Å². The van der Waals surface area contributed by atoms with Gasteiger partial charge >= 0.3 is 0 Å². The van der Waals surface area contributed by atoms with Crippen LogP contribution in [-0.4, -0.2) is 20.5 Å². The highest BCUT2D eigenvalue weighted by atomic mass is 32.2. The normalized spacial score (nSPS) is 11.1. The highest BCUT2D eigenvalue weighted by Gasteiger charge is 2.20. The van der Waals surface area contributed by atoms with Gasteiger partial charge in [0.15, 0.2) is 0 Å². The molecule has 0 saturated carbocycles. The Bertz CT molecular complexity index is 687. The van der Waals surface area contributed by atoms with Gasteiger partial charge < -0.3 is 10.5 Å². The summed E-state index contributed by atoms with van der Waals surface area (Å²) in [6.45, 7) is 0.249. The highest BCUT2D eigenvalue weighted by Crippen LogP contribution is 2.26. The number of anilines is 1. The molecule has 0 aliphatic carbocycles. The number of ether oxygens (including phenoxy) is 1. The molecule has 0 radical (unpaired) electrons. The van der Waals surface area contributed by atoms with Crippen molar-refractivity contribution < 1.29 is 13.2 Å². The summed E-state index contributed by atoms with van der Waals surface area (Å²) in [5, 5.41) is 0. The molecule has 0 saturated heterocycles. The van der Waals surface area contributed by atoms with Crippen LogP contribution in [0.3, 0.4) is 0 Å². The van der Waals surface area contributed by atoms with Gasteiger partial charge in [-0.25, -0.2) is 8.42 Å². The minimum absolute atomic E-state index is 0.0480. The largest absolute Gasteiger partial charge is 0.495 e. The summed E-state index contributed by atoms with van der Waals surface area (Å²) in [5.41, 5.74) is 6.63. The van der Waals surface area contributed by atoms with E-state index in [0.29, 0.717) is 11.3 Å². The van der Waals surface area contributed by atoms with E-state index in [-0.39, 0.29) is 17.2 Å². The Hall–Kier alpha value is -2.12. The maximum absolute atomic E-state index is 12.4. The molecule has 6 nitrogen and oxygen atoms in total. The smallest absolute Gasteiger partial charge is 0.265 e. The van der Waals surface area contributed by atoms with Gasteiger partial charge in [0.2, 0.25) is 0 Å². The predicted molar refractivity (Wildman–Crippen MR) is 75.9 cm³/mol. The van der Waals surface area contributed by atoms with Crippen molar-refractivity contribution in [3.05, 3.63) is 48.3 Å². The third kappa shape index (κ3) is 3.06. The fourth-order valence-electron chi connectivity index (χ4n) is 1.69. The average molecular weight is 293 g/mol. The molecule has 1 aromatic carbocycles.